The van der Waals surface area contributed by atoms with Crippen LogP contribution in [-0.4, -0.2) is 22.5 Å². The summed E-state index contributed by atoms with van der Waals surface area (Å²) in [6, 6.07) is 15.8. The van der Waals surface area contributed by atoms with Crippen molar-refractivity contribution in [3.05, 3.63) is 78.0 Å². The number of aryl methyl sites for hydroxylation is 1. The summed E-state index contributed by atoms with van der Waals surface area (Å²) in [7, 11) is 0. The molecule has 3 aromatic rings. The van der Waals surface area contributed by atoms with Gasteiger partial charge >= 0.3 is 0 Å². The van der Waals surface area contributed by atoms with Gasteiger partial charge in [0, 0.05) is 29.6 Å². The number of rotatable bonds is 0. The van der Waals surface area contributed by atoms with E-state index in [1.807, 2.05) is 67.6 Å². The van der Waals surface area contributed by atoms with Crippen molar-refractivity contribution in [2.45, 2.75) is 26.4 Å². The van der Waals surface area contributed by atoms with E-state index in [1.165, 1.54) is 0 Å². The molecule has 2 N–H and O–H groups in total. The van der Waals surface area contributed by atoms with Gasteiger partial charge in [-0.1, -0.05) is 36.4 Å². The van der Waals surface area contributed by atoms with Crippen molar-refractivity contribution in [1.29, 1.82) is 0 Å². The van der Waals surface area contributed by atoms with E-state index in [9.17, 15) is 4.79 Å². The van der Waals surface area contributed by atoms with Crippen molar-refractivity contribution in [1.82, 2.24) is 9.97 Å². The predicted octanol–water partition coefficient (Wildman–Crippen LogP) is 5.00. The lowest BCUT2D eigenvalue weighted by Crippen LogP contribution is -2.11. The van der Waals surface area contributed by atoms with Gasteiger partial charge in [0.25, 0.3) is 0 Å². The van der Waals surface area contributed by atoms with Gasteiger partial charge in [-0.3, -0.25) is 4.79 Å². The molecule has 6 bridgehead atoms. The third-order valence-corrected chi connectivity index (χ3v) is 4.83. The Morgan fingerprint density at radius 2 is 1.97 bits per heavy atom. The molecule has 1 amide bonds. The number of nitrogens with one attached hydrogen (secondary N) is 2. The van der Waals surface area contributed by atoms with Gasteiger partial charge in [0.2, 0.25) is 11.9 Å². The van der Waals surface area contributed by atoms with Crippen LogP contribution in [0.1, 0.15) is 24.0 Å². The van der Waals surface area contributed by atoms with Crippen molar-refractivity contribution in [2.24, 2.45) is 0 Å². The number of benzene rings is 2. The number of allylic oxidation sites excluding steroid dienone is 1. The Labute approximate surface area is 176 Å². The first-order valence-electron chi connectivity index (χ1n) is 10.00. The molecule has 0 saturated heterocycles. The first kappa shape index (κ1) is 19.8. The van der Waals surface area contributed by atoms with E-state index in [1.54, 1.807) is 6.20 Å². The standard InChI is InChI=1S/C24H24N4O2/c1-17-9-10-19-15-22(17)27-23(29)8-3-2-4-13-30-16-18-6-5-7-20(14-18)26-24-25-12-11-21(19)28-24/h2,4-7,9-12,14-15H,3,8,13,16H2,1H3,(H,27,29)(H,25,26,28). The number of fused-ring (bicyclic) bond motifs is 7. The molecule has 2 heterocycles. The molecule has 152 valence electrons. The van der Waals surface area contributed by atoms with Crippen LogP contribution >= 0.6 is 0 Å². The average molecular weight is 400 g/mol. The molecule has 0 radical (unpaired) electrons. The maximum Gasteiger partial charge on any atom is 0.227 e. The fourth-order valence-electron chi connectivity index (χ4n) is 3.22. The van der Waals surface area contributed by atoms with Gasteiger partial charge in [-0.05, 0) is 48.7 Å². The predicted molar refractivity (Wildman–Crippen MR) is 119 cm³/mol. The highest BCUT2D eigenvalue weighted by Crippen LogP contribution is 2.25. The van der Waals surface area contributed by atoms with E-state index in [-0.39, 0.29) is 5.91 Å². The number of hydrogen-bond donors (Lipinski definition) is 2. The topological polar surface area (TPSA) is 76.1 Å². The van der Waals surface area contributed by atoms with Crippen molar-refractivity contribution >= 4 is 23.2 Å². The van der Waals surface area contributed by atoms with E-state index in [0.717, 1.165) is 33.8 Å². The first-order chi connectivity index (χ1) is 14.7. The Balaban J connectivity index is 1.68. The summed E-state index contributed by atoms with van der Waals surface area (Å²) >= 11 is 0. The Hall–Kier alpha value is -3.51. The van der Waals surface area contributed by atoms with E-state index >= 15 is 0 Å². The van der Waals surface area contributed by atoms with Crippen LogP contribution in [-0.2, 0) is 16.1 Å². The van der Waals surface area contributed by atoms with Crippen molar-refractivity contribution in [3.63, 3.8) is 0 Å². The minimum atomic E-state index is -0.0141. The van der Waals surface area contributed by atoms with Gasteiger partial charge < -0.3 is 15.4 Å². The van der Waals surface area contributed by atoms with Crippen molar-refractivity contribution in [3.8, 4) is 11.3 Å². The molecule has 1 aromatic heterocycles. The lowest BCUT2D eigenvalue weighted by atomic mass is 10.1. The molecule has 4 rings (SSSR count). The van der Waals surface area contributed by atoms with E-state index < -0.39 is 0 Å². The molecule has 0 spiro atoms. The Kier molecular flexibility index (Phi) is 6.15. The molecule has 0 aliphatic carbocycles. The third-order valence-electron chi connectivity index (χ3n) is 4.83. The molecule has 0 unspecified atom stereocenters. The Morgan fingerprint density at radius 1 is 1.03 bits per heavy atom. The summed E-state index contributed by atoms with van der Waals surface area (Å²) in [5.74, 6) is 0.498. The highest BCUT2D eigenvalue weighted by molar-refractivity contribution is 5.92. The molecule has 2 aromatic carbocycles. The van der Waals surface area contributed by atoms with Gasteiger partial charge in [0.1, 0.15) is 0 Å². The fraction of sp³-hybridized carbons (Fsp3) is 0.208. The van der Waals surface area contributed by atoms with Crippen molar-refractivity contribution < 1.29 is 9.53 Å². The monoisotopic (exact) mass is 400 g/mol. The van der Waals surface area contributed by atoms with Crippen LogP contribution in [0.15, 0.2) is 66.9 Å². The molecule has 6 heteroatoms. The highest BCUT2D eigenvalue weighted by atomic mass is 16.5. The van der Waals surface area contributed by atoms with E-state index in [2.05, 4.69) is 20.6 Å². The van der Waals surface area contributed by atoms with Gasteiger partial charge in [0.15, 0.2) is 0 Å². The first-order valence-corrected chi connectivity index (χ1v) is 10.00. The van der Waals surface area contributed by atoms with E-state index in [0.29, 0.717) is 32.0 Å². The molecule has 30 heavy (non-hydrogen) atoms. The zero-order valence-corrected chi connectivity index (χ0v) is 16.9. The maximum atomic E-state index is 12.3. The smallest absolute Gasteiger partial charge is 0.227 e. The lowest BCUT2D eigenvalue weighted by molar-refractivity contribution is -0.116. The summed E-state index contributed by atoms with van der Waals surface area (Å²) < 4.78 is 5.71. The second-order valence-corrected chi connectivity index (χ2v) is 7.19. The fourth-order valence-corrected chi connectivity index (χ4v) is 3.22. The molecular weight excluding hydrogens is 376 g/mol. The molecule has 0 saturated carbocycles. The quantitative estimate of drug-likeness (QED) is 0.519. The number of nitrogens with zero attached hydrogens (tertiary/aromatic N) is 2. The molecular formula is C24H24N4O2. The normalized spacial score (nSPS) is 14.6. The second kappa shape index (κ2) is 9.33. The molecule has 6 nitrogen and oxygen atoms in total. The van der Waals surface area contributed by atoms with Crippen LogP contribution in [0.2, 0.25) is 0 Å². The van der Waals surface area contributed by atoms with Gasteiger partial charge in [-0.25, -0.2) is 9.97 Å². The zero-order valence-electron chi connectivity index (χ0n) is 16.9. The second-order valence-electron chi connectivity index (χ2n) is 7.19. The minimum Gasteiger partial charge on any atom is -0.373 e. The summed E-state index contributed by atoms with van der Waals surface area (Å²) in [6.07, 6.45) is 6.75. The summed E-state index contributed by atoms with van der Waals surface area (Å²) in [5, 5.41) is 6.28. The molecule has 0 fully saturated rings. The summed E-state index contributed by atoms with van der Waals surface area (Å²) in [5.41, 5.74) is 5.46. The number of aromatic nitrogens is 2. The number of carbonyl (C=O) groups is 1. The molecule has 1 aliphatic heterocycles. The van der Waals surface area contributed by atoms with E-state index in [4.69, 9.17) is 4.74 Å². The molecule has 0 atom stereocenters. The average Bonchev–Trinajstić information content (AvgIpc) is 2.74. The summed E-state index contributed by atoms with van der Waals surface area (Å²) in [4.78, 5) is 21.3. The maximum absolute atomic E-state index is 12.3. The van der Waals surface area contributed by atoms with Crippen LogP contribution in [0, 0.1) is 6.92 Å². The number of carbonyl (C=O) groups excluding carboxylic acids is 1. The highest BCUT2D eigenvalue weighted by Gasteiger charge is 2.09. The number of amides is 1. The molecule has 1 aliphatic rings. The number of hydrogen-bond acceptors (Lipinski definition) is 5. The Morgan fingerprint density at radius 3 is 2.90 bits per heavy atom. The van der Waals surface area contributed by atoms with Crippen LogP contribution in [0.25, 0.3) is 11.3 Å². The number of ether oxygens (including phenoxy) is 1. The van der Waals surface area contributed by atoms with Crippen LogP contribution in [0.4, 0.5) is 17.3 Å². The van der Waals surface area contributed by atoms with Gasteiger partial charge in [0.05, 0.1) is 18.9 Å². The number of anilines is 3. The zero-order chi connectivity index (χ0) is 20.8. The third kappa shape index (κ3) is 5.10. The Bertz CT molecular complexity index is 1080. The van der Waals surface area contributed by atoms with Gasteiger partial charge in [-0.2, -0.15) is 0 Å². The van der Waals surface area contributed by atoms with Crippen LogP contribution < -0.4 is 10.6 Å². The lowest BCUT2D eigenvalue weighted by Gasteiger charge is -2.11. The van der Waals surface area contributed by atoms with Crippen LogP contribution in [0.3, 0.4) is 0 Å². The van der Waals surface area contributed by atoms with Crippen LogP contribution in [0.5, 0.6) is 0 Å². The minimum absolute atomic E-state index is 0.0141. The summed E-state index contributed by atoms with van der Waals surface area (Å²) in [6.45, 7) is 2.99. The van der Waals surface area contributed by atoms with Crippen molar-refractivity contribution in [2.75, 3.05) is 17.2 Å². The SMILES string of the molecule is Cc1ccc2cc1NC(=O)CCC=CCOCc1cccc(c1)Nc1nccc-2n1. The van der Waals surface area contributed by atoms with Gasteiger partial charge in [-0.15, -0.1) is 0 Å². The largest absolute Gasteiger partial charge is 0.373 e.